The molecule has 0 aliphatic heterocycles. The van der Waals surface area contributed by atoms with Crippen LogP contribution in [0.2, 0.25) is 5.15 Å². The Bertz CT molecular complexity index is 244. The molecule has 1 aromatic rings. The van der Waals surface area contributed by atoms with E-state index in [-0.39, 0.29) is 12.4 Å². The first-order valence-electron chi connectivity index (χ1n) is 3.75. The Kier molecular flexibility index (Phi) is 6.58. The summed E-state index contributed by atoms with van der Waals surface area (Å²) in [5.74, 6) is 0.552. The van der Waals surface area contributed by atoms with Crippen molar-refractivity contribution < 1.29 is 0 Å². The maximum Gasteiger partial charge on any atom is 0.224 e. The van der Waals surface area contributed by atoms with E-state index in [9.17, 15) is 0 Å². The number of rotatable bonds is 4. The van der Waals surface area contributed by atoms with Crippen molar-refractivity contribution in [3.63, 3.8) is 0 Å². The van der Waals surface area contributed by atoms with Gasteiger partial charge in [-0.15, -0.1) is 12.4 Å². The highest BCUT2D eigenvalue weighted by Gasteiger charge is 1.94. The van der Waals surface area contributed by atoms with Gasteiger partial charge < -0.3 is 11.1 Å². The average molecular weight is 223 g/mol. The average Bonchev–Trinajstić information content (AvgIpc) is 2.05. The highest BCUT2D eigenvalue weighted by Crippen LogP contribution is 2.04. The molecular weight excluding hydrogens is 211 g/mol. The molecule has 74 valence electrons. The number of hydrogen-bond acceptors (Lipinski definition) is 4. The van der Waals surface area contributed by atoms with Gasteiger partial charge in [-0.2, -0.15) is 0 Å². The zero-order valence-electron chi connectivity index (χ0n) is 7.03. The Morgan fingerprint density at radius 1 is 1.54 bits per heavy atom. The van der Waals surface area contributed by atoms with Crippen LogP contribution in [0.15, 0.2) is 12.3 Å². The first-order valence-corrected chi connectivity index (χ1v) is 4.13. The number of nitrogens with two attached hydrogens (primary N) is 1. The highest BCUT2D eigenvalue weighted by molar-refractivity contribution is 6.29. The van der Waals surface area contributed by atoms with Crippen molar-refractivity contribution in [2.45, 2.75) is 6.42 Å². The molecule has 1 rings (SSSR count). The molecule has 0 saturated carbocycles. The van der Waals surface area contributed by atoms with E-state index in [2.05, 4.69) is 15.3 Å². The zero-order chi connectivity index (χ0) is 8.81. The van der Waals surface area contributed by atoms with Gasteiger partial charge in [0.25, 0.3) is 0 Å². The van der Waals surface area contributed by atoms with E-state index in [1.54, 1.807) is 12.3 Å². The number of halogens is 2. The lowest BCUT2D eigenvalue weighted by Crippen LogP contribution is -2.10. The van der Waals surface area contributed by atoms with Crippen LogP contribution in [-0.2, 0) is 0 Å². The van der Waals surface area contributed by atoms with E-state index in [0.717, 1.165) is 13.0 Å². The second-order valence-electron chi connectivity index (χ2n) is 2.27. The monoisotopic (exact) mass is 222 g/mol. The summed E-state index contributed by atoms with van der Waals surface area (Å²) in [5.41, 5.74) is 5.32. The van der Waals surface area contributed by atoms with Crippen molar-refractivity contribution in [3.05, 3.63) is 17.4 Å². The molecule has 0 spiro atoms. The van der Waals surface area contributed by atoms with Gasteiger partial charge in [-0.1, -0.05) is 11.6 Å². The Hall–Kier alpha value is -0.580. The van der Waals surface area contributed by atoms with Crippen molar-refractivity contribution >= 4 is 30.0 Å². The van der Waals surface area contributed by atoms with Gasteiger partial charge in [0, 0.05) is 12.7 Å². The van der Waals surface area contributed by atoms with Gasteiger partial charge in [0.05, 0.1) is 0 Å². The predicted molar refractivity (Wildman–Crippen MR) is 56.5 cm³/mol. The first kappa shape index (κ1) is 12.4. The normalized spacial score (nSPS) is 9.08. The molecule has 0 unspecified atom stereocenters. The van der Waals surface area contributed by atoms with Gasteiger partial charge in [-0.25, -0.2) is 9.97 Å². The summed E-state index contributed by atoms with van der Waals surface area (Å²) in [6.07, 6.45) is 2.51. The van der Waals surface area contributed by atoms with E-state index >= 15 is 0 Å². The molecule has 0 aliphatic carbocycles. The van der Waals surface area contributed by atoms with E-state index in [1.165, 1.54) is 0 Å². The van der Waals surface area contributed by atoms with Gasteiger partial charge in [0.1, 0.15) is 5.15 Å². The van der Waals surface area contributed by atoms with Crippen LogP contribution in [0.3, 0.4) is 0 Å². The van der Waals surface area contributed by atoms with E-state index < -0.39 is 0 Å². The van der Waals surface area contributed by atoms with Crippen molar-refractivity contribution in [3.8, 4) is 0 Å². The summed E-state index contributed by atoms with van der Waals surface area (Å²) >= 11 is 5.64. The lowest BCUT2D eigenvalue weighted by atomic mass is 10.4. The fourth-order valence-electron chi connectivity index (χ4n) is 0.724. The molecule has 0 atom stereocenters. The number of aromatic nitrogens is 2. The zero-order valence-corrected chi connectivity index (χ0v) is 8.61. The van der Waals surface area contributed by atoms with Crippen LogP contribution < -0.4 is 11.1 Å². The van der Waals surface area contributed by atoms with Crippen LogP contribution in [0.4, 0.5) is 5.95 Å². The third kappa shape index (κ3) is 4.87. The Morgan fingerprint density at radius 3 is 2.92 bits per heavy atom. The molecule has 1 heterocycles. The van der Waals surface area contributed by atoms with Crippen LogP contribution in [-0.4, -0.2) is 23.1 Å². The van der Waals surface area contributed by atoms with Crippen molar-refractivity contribution in [1.82, 2.24) is 9.97 Å². The maximum absolute atomic E-state index is 5.64. The van der Waals surface area contributed by atoms with E-state index in [0.29, 0.717) is 17.6 Å². The van der Waals surface area contributed by atoms with E-state index in [4.69, 9.17) is 17.3 Å². The lowest BCUT2D eigenvalue weighted by Gasteiger charge is -2.01. The molecule has 0 bridgehead atoms. The standard InChI is InChI=1S/C7H11ClN4.ClH/c8-6-2-5-11-7(12-6)10-4-1-3-9;/h2,5H,1,3-4,9H2,(H,10,11,12);1H. The Labute approximate surface area is 88.3 Å². The smallest absolute Gasteiger partial charge is 0.224 e. The summed E-state index contributed by atoms with van der Waals surface area (Å²) < 4.78 is 0. The fraction of sp³-hybridized carbons (Fsp3) is 0.429. The second-order valence-corrected chi connectivity index (χ2v) is 2.66. The molecule has 0 fully saturated rings. The summed E-state index contributed by atoms with van der Waals surface area (Å²) in [7, 11) is 0. The molecule has 4 nitrogen and oxygen atoms in total. The molecule has 0 saturated heterocycles. The van der Waals surface area contributed by atoms with Crippen LogP contribution in [0, 0.1) is 0 Å². The molecule has 3 N–H and O–H groups in total. The van der Waals surface area contributed by atoms with Crippen molar-refractivity contribution in [2.75, 3.05) is 18.4 Å². The van der Waals surface area contributed by atoms with Crippen LogP contribution >= 0.6 is 24.0 Å². The molecule has 13 heavy (non-hydrogen) atoms. The summed E-state index contributed by atoms with van der Waals surface area (Å²) in [6.45, 7) is 1.43. The minimum absolute atomic E-state index is 0. The summed E-state index contributed by atoms with van der Waals surface area (Å²) in [5, 5.41) is 3.44. The number of hydrogen-bond donors (Lipinski definition) is 2. The van der Waals surface area contributed by atoms with Crippen LogP contribution in [0.25, 0.3) is 0 Å². The minimum atomic E-state index is 0. The maximum atomic E-state index is 5.64. The molecule has 1 aromatic heterocycles. The molecule has 0 radical (unpaired) electrons. The van der Waals surface area contributed by atoms with Crippen LogP contribution in [0.1, 0.15) is 6.42 Å². The fourth-order valence-corrected chi connectivity index (χ4v) is 0.861. The first-order chi connectivity index (χ1) is 5.83. The van der Waals surface area contributed by atoms with Crippen LogP contribution in [0.5, 0.6) is 0 Å². The Balaban J connectivity index is 0.00000144. The topological polar surface area (TPSA) is 63.8 Å². The highest BCUT2D eigenvalue weighted by atomic mass is 35.5. The predicted octanol–water partition coefficient (Wildman–Crippen LogP) is 1.31. The molecular formula is C7H12Cl2N4. The number of nitrogens with one attached hydrogen (secondary N) is 1. The second kappa shape index (κ2) is 6.88. The minimum Gasteiger partial charge on any atom is -0.354 e. The Morgan fingerprint density at radius 2 is 2.31 bits per heavy atom. The lowest BCUT2D eigenvalue weighted by molar-refractivity contribution is 0.864. The van der Waals surface area contributed by atoms with E-state index in [1.807, 2.05) is 0 Å². The third-order valence-corrected chi connectivity index (χ3v) is 1.50. The summed E-state index contributed by atoms with van der Waals surface area (Å²) in [4.78, 5) is 7.91. The van der Waals surface area contributed by atoms with Gasteiger partial charge in [0.15, 0.2) is 0 Å². The molecule has 0 aromatic carbocycles. The van der Waals surface area contributed by atoms with Crippen molar-refractivity contribution in [2.24, 2.45) is 5.73 Å². The molecule has 0 aliphatic rings. The van der Waals surface area contributed by atoms with Gasteiger partial charge >= 0.3 is 0 Å². The number of anilines is 1. The van der Waals surface area contributed by atoms with Gasteiger partial charge in [0.2, 0.25) is 5.95 Å². The summed E-state index contributed by atoms with van der Waals surface area (Å²) in [6, 6.07) is 1.63. The van der Waals surface area contributed by atoms with Gasteiger partial charge in [-0.05, 0) is 19.0 Å². The molecule has 6 heteroatoms. The SMILES string of the molecule is Cl.NCCCNc1nccc(Cl)n1. The quantitative estimate of drug-likeness (QED) is 0.596. The molecule has 0 amide bonds. The largest absolute Gasteiger partial charge is 0.354 e. The number of nitrogens with zero attached hydrogens (tertiary/aromatic N) is 2. The third-order valence-electron chi connectivity index (χ3n) is 1.29. The van der Waals surface area contributed by atoms with Crippen molar-refractivity contribution in [1.29, 1.82) is 0 Å². The van der Waals surface area contributed by atoms with Gasteiger partial charge in [-0.3, -0.25) is 0 Å².